The number of nitrogens with zero attached hydrogens (tertiary/aromatic N) is 4. The molecule has 0 N–H and O–H groups in total. The lowest BCUT2D eigenvalue weighted by Gasteiger charge is -2.43. The molecule has 2 aliphatic rings. The molecule has 2 aromatic carbocycles. The number of rotatable bonds is 3. The second kappa shape index (κ2) is 7.68. The third kappa shape index (κ3) is 3.56. The molecule has 6 nitrogen and oxygen atoms in total. The minimum atomic E-state index is -4.16. The second-order valence-electron chi connectivity index (χ2n) is 7.65. The number of benzene rings is 2. The highest BCUT2D eigenvalue weighted by Crippen LogP contribution is 2.47. The van der Waals surface area contributed by atoms with Crippen LogP contribution in [0.4, 0.5) is 14.6 Å². The Morgan fingerprint density at radius 3 is 2.52 bits per heavy atom. The molecule has 5 rings (SSSR count). The Balaban J connectivity index is 1.40. The van der Waals surface area contributed by atoms with Crippen molar-refractivity contribution in [1.82, 2.24) is 14.3 Å². The number of sulfonamides is 1. The van der Waals surface area contributed by atoms with E-state index >= 15 is 0 Å². The predicted molar refractivity (Wildman–Crippen MR) is 116 cm³/mol. The van der Waals surface area contributed by atoms with Crippen molar-refractivity contribution in [2.24, 2.45) is 0 Å². The normalized spacial score (nSPS) is 19.4. The molecule has 0 radical (unpaired) electrons. The second-order valence-corrected chi connectivity index (χ2v) is 10.9. The summed E-state index contributed by atoms with van der Waals surface area (Å²) in [4.78, 5) is 9.97. The fourth-order valence-electron chi connectivity index (χ4n) is 4.31. The van der Waals surface area contributed by atoms with Crippen LogP contribution in [0.5, 0.6) is 0 Å². The Kier molecular flexibility index (Phi) is 5.10. The van der Waals surface area contributed by atoms with E-state index in [1.54, 1.807) is 18.0 Å². The number of para-hydroxylation sites is 2. The van der Waals surface area contributed by atoms with Gasteiger partial charge in [0.15, 0.2) is 0 Å². The van der Waals surface area contributed by atoms with Gasteiger partial charge in [-0.25, -0.2) is 22.2 Å². The lowest BCUT2D eigenvalue weighted by molar-refractivity contribution is 0.265. The summed E-state index contributed by atoms with van der Waals surface area (Å²) in [6.45, 7) is 1.47. The van der Waals surface area contributed by atoms with Crippen molar-refractivity contribution in [3.63, 3.8) is 0 Å². The maximum atomic E-state index is 14.3. The van der Waals surface area contributed by atoms with Gasteiger partial charge in [0, 0.05) is 25.4 Å². The van der Waals surface area contributed by atoms with Gasteiger partial charge in [-0.3, -0.25) is 4.98 Å². The molecule has 1 spiro atoms. The Labute approximate surface area is 183 Å². The summed E-state index contributed by atoms with van der Waals surface area (Å²) in [5.74, 6) is -0.337. The van der Waals surface area contributed by atoms with Crippen molar-refractivity contribution < 1.29 is 17.2 Å². The van der Waals surface area contributed by atoms with Crippen molar-refractivity contribution in [3.05, 3.63) is 60.3 Å². The number of hydrogen-bond acceptors (Lipinski definition) is 6. The molecule has 2 aliphatic heterocycles. The fraction of sp³-hybridized carbons (Fsp3) is 0.333. The van der Waals surface area contributed by atoms with Gasteiger partial charge in [-0.15, -0.1) is 11.8 Å². The van der Waals surface area contributed by atoms with Gasteiger partial charge in [0.05, 0.1) is 22.1 Å². The molecule has 1 aromatic heterocycles. The van der Waals surface area contributed by atoms with E-state index in [-0.39, 0.29) is 6.54 Å². The lowest BCUT2D eigenvalue weighted by atomic mass is 10.0. The van der Waals surface area contributed by atoms with Gasteiger partial charge >= 0.3 is 0 Å². The molecule has 10 heteroatoms. The highest BCUT2D eigenvalue weighted by Gasteiger charge is 2.50. The molecule has 3 heterocycles. The zero-order chi connectivity index (χ0) is 21.6. The largest absolute Gasteiger partial charge is 0.355 e. The van der Waals surface area contributed by atoms with Crippen LogP contribution in [0.25, 0.3) is 11.0 Å². The summed E-state index contributed by atoms with van der Waals surface area (Å²) in [7, 11) is -4.16. The molecule has 0 saturated carbocycles. The quantitative estimate of drug-likeness (QED) is 0.592. The average Bonchev–Trinajstić information content (AvgIpc) is 3.19. The van der Waals surface area contributed by atoms with Gasteiger partial charge in [0.1, 0.15) is 22.3 Å². The smallest absolute Gasteiger partial charge is 0.247 e. The molecule has 3 aromatic rings. The topological polar surface area (TPSA) is 66.4 Å². The first-order chi connectivity index (χ1) is 14.9. The summed E-state index contributed by atoms with van der Waals surface area (Å²) in [6.07, 6.45) is 2.85. The number of piperidine rings is 1. The van der Waals surface area contributed by atoms with Gasteiger partial charge in [-0.05, 0) is 43.2 Å². The maximum absolute atomic E-state index is 14.3. The third-order valence-electron chi connectivity index (χ3n) is 5.89. The number of halogens is 2. The highest BCUT2D eigenvalue weighted by atomic mass is 32.2. The first-order valence-electron chi connectivity index (χ1n) is 9.98. The zero-order valence-corrected chi connectivity index (χ0v) is 18.2. The molecule has 0 amide bonds. The number of fused-ring (bicyclic) bond motifs is 1. The first kappa shape index (κ1) is 20.6. The summed E-state index contributed by atoms with van der Waals surface area (Å²) in [5, 5.41) is 0. The van der Waals surface area contributed by atoms with Gasteiger partial charge in [-0.2, -0.15) is 4.31 Å². The van der Waals surface area contributed by atoms with Gasteiger partial charge < -0.3 is 4.90 Å². The van der Waals surface area contributed by atoms with Gasteiger partial charge in [-0.1, -0.05) is 12.1 Å². The first-order valence-corrected chi connectivity index (χ1v) is 12.4. The average molecular weight is 463 g/mol. The van der Waals surface area contributed by atoms with E-state index in [4.69, 9.17) is 0 Å². The standard InChI is InChI=1S/C21H20F2N4O2S2/c22-15-5-6-16(23)19(13-15)31(28,29)27-11-12-30-21(27)7-9-26(10-8-21)20-14-24-17-3-1-2-4-18(17)25-20/h1-6,13-14H,7-12H2. The Morgan fingerprint density at radius 1 is 1.00 bits per heavy atom. The minimum Gasteiger partial charge on any atom is -0.355 e. The molecule has 2 fully saturated rings. The lowest BCUT2D eigenvalue weighted by Crippen LogP contribution is -2.52. The summed E-state index contributed by atoms with van der Waals surface area (Å²) >= 11 is 1.57. The predicted octanol–water partition coefficient (Wildman–Crippen LogP) is 3.64. The number of anilines is 1. The molecular weight excluding hydrogens is 442 g/mol. The van der Waals surface area contributed by atoms with E-state index in [0.717, 1.165) is 35.1 Å². The molecule has 0 aliphatic carbocycles. The monoisotopic (exact) mass is 462 g/mol. The summed E-state index contributed by atoms with van der Waals surface area (Å²) in [6, 6.07) is 10.2. The van der Waals surface area contributed by atoms with Crippen LogP contribution in [0.15, 0.2) is 53.6 Å². The fourth-order valence-corrected chi connectivity index (χ4v) is 8.00. The minimum absolute atomic E-state index is 0.277. The van der Waals surface area contributed by atoms with E-state index in [1.807, 2.05) is 24.3 Å². The number of hydrogen-bond donors (Lipinski definition) is 0. The number of thioether (sulfide) groups is 1. The van der Waals surface area contributed by atoms with E-state index in [0.29, 0.717) is 31.7 Å². The van der Waals surface area contributed by atoms with Crippen LogP contribution in [0.2, 0.25) is 0 Å². The van der Waals surface area contributed by atoms with Crippen molar-refractivity contribution in [1.29, 1.82) is 0 Å². The van der Waals surface area contributed by atoms with Crippen LogP contribution in [-0.2, 0) is 10.0 Å². The molecule has 162 valence electrons. The van der Waals surface area contributed by atoms with Crippen LogP contribution in [0.3, 0.4) is 0 Å². The summed E-state index contributed by atoms with van der Waals surface area (Å²) < 4.78 is 55.8. The van der Waals surface area contributed by atoms with Crippen LogP contribution >= 0.6 is 11.8 Å². The third-order valence-corrected chi connectivity index (χ3v) is 9.53. The van der Waals surface area contributed by atoms with E-state index in [1.165, 1.54) is 4.31 Å². The van der Waals surface area contributed by atoms with Crippen molar-refractivity contribution >= 4 is 38.6 Å². The molecule has 31 heavy (non-hydrogen) atoms. The van der Waals surface area contributed by atoms with E-state index < -0.39 is 31.4 Å². The number of aromatic nitrogens is 2. The maximum Gasteiger partial charge on any atom is 0.247 e. The Hall–Kier alpha value is -2.30. The summed E-state index contributed by atoms with van der Waals surface area (Å²) in [5.41, 5.74) is 1.63. The van der Waals surface area contributed by atoms with Crippen molar-refractivity contribution in [3.8, 4) is 0 Å². The Morgan fingerprint density at radius 2 is 1.74 bits per heavy atom. The zero-order valence-electron chi connectivity index (χ0n) is 16.5. The van der Waals surface area contributed by atoms with Crippen LogP contribution in [0, 0.1) is 11.6 Å². The Bertz CT molecular complexity index is 1250. The van der Waals surface area contributed by atoms with Crippen LogP contribution in [-0.4, -0.2) is 52.9 Å². The molecule has 0 unspecified atom stereocenters. The molecule has 2 saturated heterocycles. The van der Waals surface area contributed by atoms with Crippen LogP contribution in [0.1, 0.15) is 12.8 Å². The van der Waals surface area contributed by atoms with Crippen molar-refractivity contribution in [2.45, 2.75) is 22.6 Å². The highest BCUT2D eigenvalue weighted by molar-refractivity contribution is 8.02. The molecule has 0 atom stereocenters. The SMILES string of the molecule is O=S(=O)(c1cc(F)ccc1F)N1CCSC12CCN(c1cnc3ccccc3n1)CC2. The molecular formula is C21H20F2N4O2S2. The van der Waals surface area contributed by atoms with Gasteiger partial charge in [0.25, 0.3) is 0 Å². The van der Waals surface area contributed by atoms with Crippen molar-refractivity contribution in [2.75, 3.05) is 30.3 Å². The van der Waals surface area contributed by atoms with E-state index in [2.05, 4.69) is 14.9 Å². The van der Waals surface area contributed by atoms with E-state index in [9.17, 15) is 17.2 Å². The van der Waals surface area contributed by atoms with Gasteiger partial charge in [0.2, 0.25) is 10.0 Å². The van der Waals surface area contributed by atoms with Crippen LogP contribution < -0.4 is 4.90 Å². The molecule has 0 bridgehead atoms.